The van der Waals surface area contributed by atoms with Crippen LogP contribution >= 0.6 is 0 Å². The van der Waals surface area contributed by atoms with Crippen molar-refractivity contribution in [2.75, 3.05) is 19.6 Å². The molecule has 0 radical (unpaired) electrons. The fraction of sp³-hybridized carbons (Fsp3) is 0.647. The van der Waals surface area contributed by atoms with E-state index in [1.54, 1.807) is 0 Å². The number of halogens is 3. The van der Waals surface area contributed by atoms with Gasteiger partial charge in [-0.3, -0.25) is 4.90 Å². The van der Waals surface area contributed by atoms with Gasteiger partial charge in [-0.1, -0.05) is 30.3 Å². The van der Waals surface area contributed by atoms with Gasteiger partial charge >= 0.3 is 6.18 Å². The minimum Gasteiger partial charge on any atom is -0.307 e. The molecule has 0 spiro atoms. The quantitative estimate of drug-likeness (QED) is 0.891. The Bertz CT molecular complexity index is 463. The third kappa shape index (κ3) is 4.46. The van der Waals surface area contributed by atoms with Gasteiger partial charge in [-0.05, 0) is 50.3 Å². The first kappa shape index (κ1) is 15.8. The zero-order valence-corrected chi connectivity index (χ0v) is 12.6. The molecule has 0 bridgehead atoms. The molecule has 0 amide bonds. The number of alkyl halides is 3. The topological polar surface area (TPSA) is 15.3 Å². The summed E-state index contributed by atoms with van der Waals surface area (Å²) in [5, 5.41) is 3.71. The van der Waals surface area contributed by atoms with Gasteiger partial charge in [-0.15, -0.1) is 0 Å². The number of piperidine rings is 1. The summed E-state index contributed by atoms with van der Waals surface area (Å²) in [5.41, 5.74) is 1.31. The van der Waals surface area contributed by atoms with Crippen LogP contribution in [0.4, 0.5) is 13.2 Å². The first-order valence-corrected chi connectivity index (χ1v) is 8.11. The lowest BCUT2D eigenvalue weighted by Crippen LogP contribution is -2.46. The van der Waals surface area contributed by atoms with Crippen molar-refractivity contribution in [1.82, 2.24) is 10.2 Å². The van der Waals surface area contributed by atoms with E-state index in [2.05, 4.69) is 29.6 Å². The summed E-state index contributed by atoms with van der Waals surface area (Å²) in [5.74, 6) is 0.690. The second kappa shape index (κ2) is 6.59. The minimum absolute atomic E-state index is 0.329. The molecule has 1 atom stereocenters. The van der Waals surface area contributed by atoms with E-state index in [1.807, 2.05) is 6.07 Å². The Morgan fingerprint density at radius 2 is 1.68 bits per heavy atom. The molecule has 122 valence electrons. The van der Waals surface area contributed by atoms with E-state index in [9.17, 15) is 13.2 Å². The Kier molecular flexibility index (Phi) is 4.73. The van der Waals surface area contributed by atoms with Crippen LogP contribution in [0, 0.1) is 5.92 Å². The molecule has 5 heteroatoms. The van der Waals surface area contributed by atoms with E-state index in [4.69, 9.17) is 0 Å². The number of hydrogen-bond donors (Lipinski definition) is 1. The molecule has 1 unspecified atom stereocenters. The van der Waals surface area contributed by atoms with Gasteiger partial charge in [0.05, 0.1) is 6.54 Å². The molecule has 22 heavy (non-hydrogen) atoms. The van der Waals surface area contributed by atoms with E-state index >= 15 is 0 Å². The van der Waals surface area contributed by atoms with Gasteiger partial charge in [0.25, 0.3) is 0 Å². The minimum atomic E-state index is -4.08. The van der Waals surface area contributed by atoms with Crippen molar-refractivity contribution < 1.29 is 13.2 Å². The van der Waals surface area contributed by atoms with Crippen LogP contribution in [-0.4, -0.2) is 36.8 Å². The number of benzene rings is 1. The van der Waals surface area contributed by atoms with Crippen LogP contribution in [-0.2, 0) is 0 Å². The second-order valence-corrected chi connectivity index (χ2v) is 6.56. The smallest absolute Gasteiger partial charge is 0.307 e. The Labute approximate surface area is 129 Å². The van der Waals surface area contributed by atoms with E-state index in [0.29, 0.717) is 31.1 Å². The Morgan fingerprint density at radius 3 is 2.23 bits per heavy atom. The SMILES string of the molecule is FC(F)(F)CN1CCC(NC(c2ccccc2)C2CC2)CC1. The number of nitrogens with zero attached hydrogens (tertiary/aromatic N) is 1. The van der Waals surface area contributed by atoms with Crippen molar-refractivity contribution in [1.29, 1.82) is 0 Å². The summed E-state index contributed by atoms with van der Waals surface area (Å²) in [6.07, 6.45) is 0.0120. The van der Waals surface area contributed by atoms with Crippen LogP contribution in [0.15, 0.2) is 30.3 Å². The average molecular weight is 312 g/mol. The second-order valence-electron chi connectivity index (χ2n) is 6.56. The third-order valence-corrected chi connectivity index (χ3v) is 4.66. The van der Waals surface area contributed by atoms with E-state index < -0.39 is 12.7 Å². The highest BCUT2D eigenvalue weighted by atomic mass is 19.4. The number of likely N-dealkylation sites (tertiary alicyclic amines) is 1. The molecule has 0 aromatic heterocycles. The van der Waals surface area contributed by atoms with E-state index in [1.165, 1.54) is 23.3 Å². The number of hydrogen-bond acceptors (Lipinski definition) is 2. The van der Waals surface area contributed by atoms with Crippen molar-refractivity contribution in [3.05, 3.63) is 35.9 Å². The van der Waals surface area contributed by atoms with Gasteiger partial charge in [0.2, 0.25) is 0 Å². The first-order chi connectivity index (χ1) is 10.5. The molecule has 1 aromatic rings. The zero-order valence-electron chi connectivity index (χ0n) is 12.6. The fourth-order valence-electron chi connectivity index (χ4n) is 3.36. The normalized spacial score (nSPS) is 22.7. The van der Waals surface area contributed by atoms with Crippen molar-refractivity contribution in [3.8, 4) is 0 Å². The fourth-order valence-corrected chi connectivity index (χ4v) is 3.36. The van der Waals surface area contributed by atoms with Crippen LogP contribution in [0.25, 0.3) is 0 Å². The lowest BCUT2D eigenvalue weighted by Gasteiger charge is -2.35. The summed E-state index contributed by atoms with van der Waals surface area (Å²) < 4.78 is 37.3. The average Bonchev–Trinajstić information content (AvgIpc) is 3.30. The van der Waals surface area contributed by atoms with Crippen molar-refractivity contribution in [3.63, 3.8) is 0 Å². The summed E-state index contributed by atoms with van der Waals surface area (Å²) in [7, 11) is 0. The molecule has 1 saturated heterocycles. The third-order valence-electron chi connectivity index (χ3n) is 4.66. The maximum absolute atomic E-state index is 12.4. The van der Waals surface area contributed by atoms with Crippen molar-refractivity contribution in [2.45, 2.75) is 43.9 Å². The summed E-state index contributed by atoms with van der Waals surface area (Å²) in [6.45, 7) is 0.289. The van der Waals surface area contributed by atoms with Gasteiger partial charge in [0.1, 0.15) is 0 Å². The molecule has 1 aliphatic heterocycles. The summed E-state index contributed by atoms with van der Waals surface area (Å²) >= 11 is 0. The zero-order chi connectivity index (χ0) is 15.6. The first-order valence-electron chi connectivity index (χ1n) is 8.11. The van der Waals surface area contributed by atoms with Crippen LogP contribution in [0.5, 0.6) is 0 Å². The van der Waals surface area contributed by atoms with Gasteiger partial charge in [-0.2, -0.15) is 13.2 Å². The van der Waals surface area contributed by atoms with Gasteiger partial charge in [0, 0.05) is 12.1 Å². The molecule has 1 saturated carbocycles. The van der Waals surface area contributed by atoms with Crippen LogP contribution in [0.3, 0.4) is 0 Å². The molecule has 1 heterocycles. The predicted octanol–water partition coefficient (Wildman–Crippen LogP) is 3.75. The Morgan fingerprint density at radius 1 is 1.05 bits per heavy atom. The molecule has 2 aliphatic rings. The monoisotopic (exact) mass is 312 g/mol. The Hall–Kier alpha value is -1.07. The summed E-state index contributed by atoms with van der Waals surface area (Å²) in [6, 6.07) is 11.1. The van der Waals surface area contributed by atoms with Crippen LogP contribution < -0.4 is 5.32 Å². The molecular formula is C17H23F3N2. The van der Waals surface area contributed by atoms with E-state index in [-0.39, 0.29) is 0 Å². The number of nitrogens with one attached hydrogen (secondary N) is 1. The van der Waals surface area contributed by atoms with Gasteiger partial charge < -0.3 is 5.32 Å². The molecule has 1 aliphatic carbocycles. The molecule has 1 aromatic carbocycles. The predicted molar refractivity (Wildman–Crippen MR) is 80.6 cm³/mol. The number of rotatable bonds is 5. The maximum Gasteiger partial charge on any atom is 0.401 e. The molecule has 2 nitrogen and oxygen atoms in total. The lowest BCUT2D eigenvalue weighted by atomic mass is 9.98. The van der Waals surface area contributed by atoms with Crippen molar-refractivity contribution >= 4 is 0 Å². The van der Waals surface area contributed by atoms with Crippen molar-refractivity contribution in [2.24, 2.45) is 5.92 Å². The highest BCUT2D eigenvalue weighted by Gasteiger charge is 2.36. The highest BCUT2D eigenvalue weighted by Crippen LogP contribution is 2.41. The molecule has 1 N–H and O–H groups in total. The molecule has 3 rings (SSSR count). The summed E-state index contributed by atoms with van der Waals surface area (Å²) in [4.78, 5) is 1.52. The van der Waals surface area contributed by atoms with Gasteiger partial charge in [-0.25, -0.2) is 0 Å². The highest BCUT2D eigenvalue weighted by molar-refractivity contribution is 5.21. The van der Waals surface area contributed by atoms with Crippen LogP contribution in [0.2, 0.25) is 0 Å². The standard InChI is InChI=1S/C17H23F3N2/c18-17(19,20)12-22-10-8-15(9-11-22)21-16(14-6-7-14)13-4-2-1-3-5-13/h1-5,14-16,21H,6-12H2. The molecular weight excluding hydrogens is 289 g/mol. The largest absolute Gasteiger partial charge is 0.401 e. The van der Waals surface area contributed by atoms with E-state index in [0.717, 1.165) is 12.8 Å². The van der Waals surface area contributed by atoms with Gasteiger partial charge in [0.15, 0.2) is 0 Å². The maximum atomic E-state index is 12.4. The van der Waals surface area contributed by atoms with Crippen LogP contribution in [0.1, 0.15) is 37.3 Å². The Balaban J connectivity index is 1.53. The lowest BCUT2D eigenvalue weighted by molar-refractivity contribution is -0.148. The molecule has 2 fully saturated rings.